The van der Waals surface area contributed by atoms with Crippen LogP contribution in [0.3, 0.4) is 0 Å². The summed E-state index contributed by atoms with van der Waals surface area (Å²) in [5.74, 6) is -2.18. The van der Waals surface area contributed by atoms with Gasteiger partial charge in [0.2, 0.25) is 0 Å². The molecule has 1 spiro atoms. The molecule has 1 aliphatic carbocycles. The Bertz CT molecular complexity index is 1610. The van der Waals surface area contributed by atoms with Gasteiger partial charge in [-0.3, -0.25) is 10.1 Å². The summed E-state index contributed by atoms with van der Waals surface area (Å²) in [5.41, 5.74) is 1.69. The highest BCUT2D eigenvalue weighted by Gasteiger charge is 2.60. The normalized spacial score (nSPS) is 41.3. The number of hydrogen-bond donors (Lipinski definition) is 3. The Morgan fingerprint density at radius 3 is 2.67 bits per heavy atom. The molecule has 0 aromatic heterocycles. The second-order valence-corrected chi connectivity index (χ2v) is 16.0. The first kappa shape index (κ1) is 38.4. The van der Waals surface area contributed by atoms with Gasteiger partial charge in [-0.25, -0.2) is 4.79 Å². The number of aliphatic hydroxyl groups is 2. The van der Waals surface area contributed by atoms with Crippen molar-refractivity contribution in [3.8, 4) is 0 Å². The summed E-state index contributed by atoms with van der Waals surface area (Å²) in [4.78, 5) is 27.5. The lowest BCUT2D eigenvalue weighted by molar-refractivity contribution is -0.340. The fourth-order valence-corrected chi connectivity index (χ4v) is 8.73. The standard InChI is InChI=1S/C42H57NO9/c1-8-25(3)37-28(6)17-18-41(52-37)22-33-21-32(51-41)16-15-27(5)36(50-40(46)43-31-14-9-11-24(2)19-31)26(4)12-10-13-30-23-48-38-35(44)29(7)20-34(39(45)49-33)42(30,38)47/h9-15,19-20,25-26,28,32-38,44,47H,8,16-18,21-23H2,1-7H3,(H,43,46)/b12-10+,27-15+,30-13+/t25?,26-,28-,32+,33-,34-,35+,36-,37+,38+,41?,42+/m0/s1. The van der Waals surface area contributed by atoms with Crippen molar-refractivity contribution in [1.29, 1.82) is 0 Å². The number of hydrogen-bond acceptors (Lipinski definition) is 9. The second-order valence-electron chi connectivity index (χ2n) is 16.0. The first-order chi connectivity index (χ1) is 24.7. The number of esters is 1. The van der Waals surface area contributed by atoms with Gasteiger partial charge in [-0.1, -0.05) is 76.6 Å². The van der Waals surface area contributed by atoms with Crippen molar-refractivity contribution in [2.75, 3.05) is 11.9 Å². The number of carbonyl (C=O) groups excluding carboxylic acids is 2. The number of amides is 1. The summed E-state index contributed by atoms with van der Waals surface area (Å²) in [7, 11) is 0. The second kappa shape index (κ2) is 15.6. The third-order valence-electron chi connectivity index (χ3n) is 11.9. The van der Waals surface area contributed by atoms with E-state index in [1.807, 2.05) is 51.1 Å². The van der Waals surface area contributed by atoms with Crippen LogP contribution >= 0.6 is 0 Å². The molecule has 4 heterocycles. The third kappa shape index (κ3) is 7.82. The van der Waals surface area contributed by atoms with Gasteiger partial charge < -0.3 is 33.9 Å². The van der Waals surface area contributed by atoms with Crippen molar-refractivity contribution < 1.29 is 43.5 Å². The van der Waals surface area contributed by atoms with Crippen LogP contribution in [-0.2, 0) is 28.5 Å². The van der Waals surface area contributed by atoms with E-state index in [0.717, 1.165) is 24.0 Å². The number of anilines is 1. The molecule has 0 saturated carbocycles. The lowest BCUT2D eigenvalue weighted by atomic mass is 9.71. The smallest absolute Gasteiger partial charge is 0.412 e. The molecule has 3 fully saturated rings. The molecule has 12 atom stereocenters. The molecule has 10 heteroatoms. The molecule has 4 aliphatic heterocycles. The van der Waals surface area contributed by atoms with E-state index in [1.165, 1.54) is 0 Å². The van der Waals surface area contributed by atoms with E-state index in [4.69, 9.17) is 23.7 Å². The number of carbonyl (C=O) groups is 2. The molecule has 1 aromatic rings. The van der Waals surface area contributed by atoms with Gasteiger partial charge in [-0.2, -0.15) is 0 Å². The molecule has 3 N–H and O–H groups in total. The molecule has 0 radical (unpaired) electrons. The first-order valence-corrected chi connectivity index (χ1v) is 19.1. The van der Waals surface area contributed by atoms with E-state index >= 15 is 0 Å². The SMILES string of the molecule is CCC(C)[C@H]1OC2(CC[C@@H]1C)C[C@@H]1C[C@@H](C/C=C(\C)[C@@H](OC(=O)Nc3cccc(C)c3)[C@@H](C)/C=C/C=C3\CO[C@@H]4[C@H](O)C(C)=C[C@@H](C(=O)O1)[C@]34O)O2. The van der Waals surface area contributed by atoms with Gasteiger partial charge in [-0.15, -0.1) is 0 Å². The average Bonchev–Trinajstić information content (AvgIpc) is 3.44. The van der Waals surface area contributed by atoms with Gasteiger partial charge in [0.05, 0.1) is 18.8 Å². The van der Waals surface area contributed by atoms with E-state index in [1.54, 1.807) is 25.2 Å². The van der Waals surface area contributed by atoms with Crippen LogP contribution in [-0.4, -0.2) is 76.9 Å². The molecule has 5 aliphatic rings. The van der Waals surface area contributed by atoms with Gasteiger partial charge in [-0.05, 0) is 79.9 Å². The summed E-state index contributed by atoms with van der Waals surface area (Å²) >= 11 is 0. The van der Waals surface area contributed by atoms with Crippen LogP contribution in [0.25, 0.3) is 0 Å². The van der Waals surface area contributed by atoms with Gasteiger partial charge >= 0.3 is 12.1 Å². The summed E-state index contributed by atoms with van der Waals surface area (Å²) in [6.45, 7) is 14.2. The van der Waals surface area contributed by atoms with Crippen molar-refractivity contribution >= 4 is 17.7 Å². The quantitative estimate of drug-likeness (QED) is 0.220. The number of nitrogens with one attached hydrogen (secondary N) is 1. The topological polar surface area (TPSA) is 133 Å². The van der Waals surface area contributed by atoms with Crippen molar-refractivity contribution in [3.05, 3.63) is 76.9 Å². The lowest BCUT2D eigenvalue weighted by Crippen LogP contribution is -2.58. The van der Waals surface area contributed by atoms with Crippen LogP contribution < -0.4 is 5.32 Å². The number of fused-ring (bicyclic) bond motifs is 2. The summed E-state index contributed by atoms with van der Waals surface area (Å²) < 4.78 is 32.2. The minimum absolute atomic E-state index is 0.00321. The van der Waals surface area contributed by atoms with E-state index in [0.29, 0.717) is 54.4 Å². The van der Waals surface area contributed by atoms with Crippen molar-refractivity contribution in [2.45, 2.75) is 135 Å². The van der Waals surface area contributed by atoms with Crippen LogP contribution in [0.5, 0.6) is 0 Å². The highest BCUT2D eigenvalue weighted by molar-refractivity contribution is 5.85. The molecule has 52 heavy (non-hydrogen) atoms. The van der Waals surface area contributed by atoms with Gasteiger partial charge in [0.25, 0.3) is 0 Å². The monoisotopic (exact) mass is 719 g/mol. The number of benzene rings is 1. The van der Waals surface area contributed by atoms with Crippen LogP contribution in [0.4, 0.5) is 10.5 Å². The maximum atomic E-state index is 14.2. The fraction of sp³-hybridized carbons (Fsp3) is 0.619. The third-order valence-corrected chi connectivity index (χ3v) is 11.9. The van der Waals surface area contributed by atoms with E-state index in [-0.39, 0.29) is 24.7 Å². The maximum Gasteiger partial charge on any atom is 0.412 e. The van der Waals surface area contributed by atoms with Gasteiger partial charge in [0.1, 0.15) is 35.9 Å². The highest BCUT2D eigenvalue weighted by atomic mass is 16.7. The molecule has 284 valence electrons. The Morgan fingerprint density at radius 1 is 1.13 bits per heavy atom. The minimum atomic E-state index is -1.82. The molecule has 10 nitrogen and oxygen atoms in total. The zero-order chi connectivity index (χ0) is 37.4. The molecule has 6 rings (SSSR count). The van der Waals surface area contributed by atoms with Crippen LogP contribution in [0, 0.1) is 30.6 Å². The first-order valence-electron chi connectivity index (χ1n) is 19.1. The van der Waals surface area contributed by atoms with E-state index < -0.39 is 53.8 Å². The van der Waals surface area contributed by atoms with Gasteiger partial charge in [0.15, 0.2) is 5.79 Å². The molecular weight excluding hydrogens is 662 g/mol. The van der Waals surface area contributed by atoms with Crippen molar-refractivity contribution in [3.63, 3.8) is 0 Å². The van der Waals surface area contributed by atoms with Crippen LogP contribution in [0.2, 0.25) is 0 Å². The van der Waals surface area contributed by atoms with Crippen LogP contribution in [0.15, 0.2) is 71.4 Å². The fourth-order valence-electron chi connectivity index (χ4n) is 8.73. The Balaban J connectivity index is 1.37. The predicted molar refractivity (Wildman–Crippen MR) is 197 cm³/mol. The number of aryl methyl sites for hydroxylation is 1. The Labute approximate surface area is 308 Å². The van der Waals surface area contributed by atoms with E-state index in [9.17, 15) is 19.8 Å². The highest BCUT2D eigenvalue weighted by Crippen LogP contribution is 2.48. The summed E-state index contributed by atoms with van der Waals surface area (Å²) in [6.07, 6.45) is 8.75. The Morgan fingerprint density at radius 2 is 1.92 bits per heavy atom. The lowest BCUT2D eigenvalue weighted by Gasteiger charge is -2.51. The summed E-state index contributed by atoms with van der Waals surface area (Å²) in [6, 6.07) is 7.54. The predicted octanol–water partition coefficient (Wildman–Crippen LogP) is 7.10. The molecular formula is C42H57NO9. The molecule has 2 bridgehead atoms. The van der Waals surface area contributed by atoms with Crippen LogP contribution in [0.1, 0.15) is 85.6 Å². The number of allylic oxidation sites excluding steroid dienone is 2. The largest absolute Gasteiger partial charge is 0.462 e. The summed E-state index contributed by atoms with van der Waals surface area (Å²) in [5, 5.41) is 26.3. The maximum absolute atomic E-state index is 14.2. The average molecular weight is 720 g/mol. The number of rotatable bonds is 4. The zero-order valence-electron chi connectivity index (χ0n) is 31.7. The molecule has 1 aromatic carbocycles. The molecule has 1 amide bonds. The Kier molecular flexibility index (Phi) is 11.5. The van der Waals surface area contributed by atoms with E-state index in [2.05, 4.69) is 32.2 Å². The number of aliphatic hydroxyl groups excluding tert-OH is 1. The zero-order valence-corrected chi connectivity index (χ0v) is 31.7. The van der Waals surface area contributed by atoms with Crippen molar-refractivity contribution in [2.24, 2.45) is 23.7 Å². The number of ether oxygens (including phenoxy) is 5. The van der Waals surface area contributed by atoms with Gasteiger partial charge in [0, 0.05) is 30.9 Å². The molecule has 2 unspecified atom stereocenters. The minimum Gasteiger partial charge on any atom is -0.462 e. The molecule has 3 saturated heterocycles. The van der Waals surface area contributed by atoms with Crippen molar-refractivity contribution in [1.82, 2.24) is 0 Å². The Hall–Kier alpha value is -3.28.